The lowest BCUT2D eigenvalue weighted by Crippen LogP contribution is -2.27. The molecule has 0 aliphatic heterocycles. The van der Waals surface area contributed by atoms with Crippen LogP contribution in [0.5, 0.6) is 0 Å². The van der Waals surface area contributed by atoms with Crippen LogP contribution in [-0.4, -0.2) is 30.8 Å². The van der Waals surface area contributed by atoms with Crippen molar-refractivity contribution in [1.82, 2.24) is 0 Å². The molecule has 0 heterocycles. The molecular formula is C7H13NO3S. The van der Waals surface area contributed by atoms with E-state index in [9.17, 15) is 8.42 Å². The van der Waals surface area contributed by atoms with Gasteiger partial charge in [-0.1, -0.05) is 5.16 Å². The summed E-state index contributed by atoms with van der Waals surface area (Å²) in [6.07, 6.45) is 3.05. The van der Waals surface area contributed by atoms with Crippen LogP contribution in [0.4, 0.5) is 0 Å². The van der Waals surface area contributed by atoms with Gasteiger partial charge < -0.3 is 5.21 Å². The Labute approximate surface area is 72.2 Å². The predicted octanol–water partition coefficient (Wildman–Crippen LogP) is 0.660. The molecule has 12 heavy (non-hydrogen) atoms. The lowest BCUT2D eigenvalue weighted by molar-refractivity contribution is 0.316. The van der Waals surface area contributed by atoms with Crippen LogP contribution in [0.2, 0.25) is 0 Å². The summed E-state index contributed by atoms with van der Waals surface area (Å²) < 4.78 is 22.1. The van der Waals surface area contributed by atoms with Crippen molar-refractivity contribution in [3.8, 4) is 0 Å². The van der Waals surface area contributed by atoms with Crippen molar-refractivity contribution in [1.29, 1.82) is 0 Å². The second kappa shape index (κ2) is 3.05. The molecule has 1 aliphatic rings. The van der Waals surface area contributed by atoms with Gasteiger partial charge in [-0.05, 0) is 19.8 Å². The predicted molar refractivity (Wildman–Crippen MR) is 46.3 cm³/mol. The Morgan fingerprint density at radius 3 is 2.33 bits per heavy atom. The molecule has 0 radical (unpaired) electrons. The van der Waals surface area contributed by atoms with Gasteiger partial charge in [0, 0.05) is 12.2 Å². The Bertz CT molecular complexity index is 290. The monoisotopic (exact) mass is 191 g/mol. The minimum atomic E-state index is -3.11. The van der Waals surface area contributed by atoms with Crippen molar-refractivity contribution in [2.75, 3.05) is 6.26 Å². The molecule has 1 rings (SSSR count). The van der Waals surface area contributed by atoms with Crippen LogP contribution in [0.25, 0.3) is 0 Å². The average molecular weight is 191 g/mol. The van der Waals surface area contributed by atoms with Crippen molar-refractivity contribution < 1.29 is 13.6 Å². The summed E-state index contributed by atoms with van der Waals surface area (Å²) in [5.41, 5.74) is 0.414. The Kier molecular flexibility index (Phi) is 2.41. The third-order valence-electron chi connectivity index (χ3n) is 2.17. The van der Waals surface area contributed by atoms with E-state index < -0.39 is 15.1 Å². The van der Waals surface area contributed by atoms with Gasteiger partial charge in [0.25, 0.3) is 0 Å². The normalized spacial score (nSPS) is 22.3. The van der Waals surface area contributed by atoms with Crippen LogP contribution in [-0.2, 0) is 9.84 Å². The maximum atomic E-state index is 11.1. The molecule has 0 aromatic rings. The average Bonchev–Trinajstić information content (AvgIpc) is 2.70. The highest BCUT2D eigenvalue weighted by molar-refractivity contribution is 7.92. The van der Waals surface area contributed by atoms with E-state index >= 15 is 0 Å². The minimum absolute atomic E-state index is 0.194. The van der Waals surface area contributed by atoms with Crippen molar-refractivity contribution in [2.24, 2.45) is 11.1 Å². The van der Waals surface area contributed by atoms with Gasteiger partial charge in [0.2, 0.25) is 0 Å². The zero-order valence-corrected chi connectivity index (χ0v) is 8.00. The molecule has 0 amide bonds. The Balaban J connectivity index is 2.80. The van der Waals surface area contributed by atoms with Gasteiger partial charge in [0.05, 0.1) is 11.0 Å². The number of hydrogen-bond acceptors (Lipinski definition) is 4. The fourth-order valence-electron chi connectivity index (χ4n) is 1.09. The molecule has 5 heteroatoms. The third kappa shape index (κ3) is 1.97. The Morgan fingerprint density at radius 2 is 2.08 bits per heavy atom. The van der Waals surface area contributed by atoms with Gasteiger partial charge in [0.15, 0.2) is 9.84 Å². The summed E-state index contributed by atoms with van der Waals surface area (Å²) in [4.78, 5) is 0. The molecule has 1 aliphatic carbocycles. The minimum Gasteiger partial charge on any atom is -0.411 e. The zero-order chi connectivity index (χ0) is 9.35. The van der Waals surface area contributed by atoms with Gasteiger partial charge in [-0.2, -0.15) is 0 Å². The summed E-state index contributed by atoms with van der Waals surface area (Å²) >= 11 is 0. The molecule has 0 aromatic carbocycles. The highest BCUT2D eigenvalue weighted by atomic mass is 32.2. The SMILES string of the molecule is CC(/C(=N/O)C1CC1)S(C)(=O)=O. The quantitative estimate of drug-likeness (QED) is 0.405. The lowest BCUT2D eigenvalue weighted by atomic mass is 10.2. The number of hydrogen-bond donors (Lipinski definition) is 1. The summed E-state index contributed by atoms with van der Waals surface area (Å²) in [7, 11) is -3.11. The first-order chi connectivity index (χ1) is 5.46. The van der Waals surface area contributed by atoms with Crippen LogP contribution in [0.3, 0.4) is 0 Å². The van der Waals surface area contributed by atoms with Gasteiger partial charge in [0.1, 0.15) is 0 Å². The molecule has 0 aromatic heterocycles. The highest BCUT2D eigenvalue weighted by Crippen LogP contribution is 2.32. The number of rotatable bonds is 3. The second-order valence-corrected chi connectivity index (χ2v) is 5.64. The van der Waals surface area contributed by atoms with Crippen molar-refractivity contribution >= 4 is 15.5 Å². The fraction of sp³-hybridized carbons (Fsp3) is 0.857. The molecule has 0 saturated heterocycles. The Morgan fingerprint density at radius 1 is 1.58 bits per heavy atom. The molecule has 0 spiro atoms. The first-order valence-electron chi connectivity index (χ1n) is 3.87. The Hall–Kier alpha value is -0.580. The second-order valence-electron chi connectivity index (χ2n) is 3.27. The van der Waals surface area contributed by atoms with Crippen LogP contribution < -0.4 is 0 Å². The molecule has 1 unspecified atom stereocenters. The van der Waals surface area contributed by atoms with E-state index in [2.05, 4.69) is 5.16 Å². The first kappa shape index (κ1) is 9.51. The summed E-state index contributed by atoms with van der Waals surface area (Å²) in [6, 6.07) is 0. The van der Waals surface area contributed by atoms with E-state index in [1.54, 1.807) is 6.92 Å². The molecule has 1 fully saturated rings. The molecule has 70 valence electrons. The maximum absolute atomic E-state index is 11.1. The van der Waals surface area contributed by atoms with E-state index in [1.807, 2.05) is 0 Å². The van der Waals surface area contributed by atoms with Gasteiger partial charge in [-0.25, -0.2) is 8.42 Å². The topological polar surface area (TPSA) is 66.7 Å². The standard InChI is InChI=1S/C7H13NO3S/c1-5(12(2,10)11)7(8-9)6-3-4-6/h5-6,9H,3-4H2,1-2H3/b8-7-. The van der Waals surface area contributed by atoms with Gasteiger partial charge in [-0.3, -0.25) is 0 Å². The number of sulfone groups is 1. The molecule has 1 atom stereocenters. The van der Waals surface area contributed by atoms with Crippen molar-refractivity contribution in [3.05, 3.63) is 0 Å². The molecule has 1 N–H and O–H groups in total. The van der Waals surface area contributed by atoms with E-state index in [0.29, 0.717) is 5.71 Å². The van der Waals surface area contributed by atoms with Crippen LogP contribution in [0.1, 0.15) is 19.8 Å². The number of oxime groups is 1. The van der Waals surface area contributed by atoms with Crippen molar-refractivity contribution in [3.63, 3.8) is 0 Å². The maximum Gasteiger partial charge on any atom is 0.155 e. The summed E-state index contributed by atoms with van der Waals surface area (Å²) in [5, 5.41) is 11.0. The molecule has 4 nitrogen and oxygen atoms in total. The summed E-state index contributed by atoms with van der Waals surface area (Å²) in [5.74, 6) is 0.194. The van der Waals surface area contributed by atoms with Gasteiger partial charge in [-0.15, -0.1) is 0 Å². The zero-order valence-electron chi connectivity index (χ0n) is 7.19. The highest BCUT2D eigenvalue weighted by Gasteiger charge is 2.35. The molecule has 0 bridgehead atoms. The molecule has 1 saturated carbocycles. The number of nitrogens with zero attached hydrogens (tertiary/aromatic N) is 1. The van der Waals surface area contributed by atoms with Crippen LogP contribution in [0, 0.1) is 5.92 Å². The fourth-order valence-corrected chi connectivity index (χ4v) is 1.77. The van der Waals surface area contributed by atoms with E-state index in [0.717, 1.165) is 19.1 Å². The lowest BCUT2D eigenvalue weighted by Gasteiger charge is -2.09. The van der Waals surface area contributed by atoms with Crippen LogP contribution in [0.15, 0.2) is 5.16 Å². The van der Waals surface area contributed by atoms with E-state index in [1.165, 1.54) is 0 Å². The first-order valence-corrected chi connectivity index (χ1v) is 5.83. The van der Waals surface area contributed by atoms with E-state index in [4.69, 9.17) is 5.21 Å². The van der Waals surface area contributed by atoms with Crippen molar-refractivity contribution in [2.45, 2.75) is 25.0 Å². The van der Waals surface area contributed by atoms with Crippen LogP contribution >= 0.6 is 0 Å². The molecular weight excluding hydrogens is 178 g/mol. The van der Waals surface area contributed by atoms with E-state index in [-0.39, 0.29) is 5.92 Å². The summed E-state index contributed by atoms with van der Waals surface area (Å²) in [6.45, 7) is 1.56. The van der Waals surface area contributed by atoms with Gasteiger partial charge >= 0.3 is 0 Å². The smallest absolute Gasteiger partial charge is 0.155 e. The third-order valence-corrected chi connectivity index (χ3v) is 3.70. The largest absolute Gasteiger partial charge is 0.411 e.